The van der Waals surface area contributed by atoms with Crippen LogP contribution in [0.3, 0.4) is 0 Å². The van der Waals surface area contributed by atoms with Crippen molar-refractivity contribution >= 4 is 11.6 Å². The van der Waals surface area contributed by atoms with Crippen molar-refractivity contribution in [1.82, 2.24) is 10.3 Å². The van der Waals surface area contributed by atoms with Crippen LogP contribution < -0.4 is 11.1 Å². The Kier molecular flexibility index (Phi) is 3.96. The number of hydrogen-bond donors (Lipinski definition) is 2. The molecule has 92 valence electrons. The first kappa shape index (κ1) is 11.9. The van der Waals surface area contributed by atoms with E-state index in [0.29, 0.717) is 17.3 Å². The highest BCUT2D eigenvalue weighted by Crippen LogP contribution is 2.18. The zero-order valence-corrected chi connectivity index (χ0v) is 9.98. The number of amides is 1. The van der Waals surface area contributed by atoms with Gasteiger partial charge < -0.3 is 11.1 Å². The molecule has 0 unspecified atom stereocenters. The molecule has 1 aromatic heterocycles. The van der Waals surface area contributed by atoms with E-state index in [2.05, 4.69) is 10.3 Å². The quantitative estimate of drug-likeness (QED) is 0.769. The van der Waals surface area contributed by atoms with Crippen LogP contribution in [0.25, 0.3) is 0 Å². The molecule has 17 heavy (non-hydrogen) atoms. The summed E-state index contributed by atoms with van der Waals surface area (Å²) in [7, 11) is 0. The molecule has 0 radical (unpaired) electrons. The minimum Gasteiger partial charge on any atom is -0.397 e. The number of pyridine rings is 1. The summed E-state index contributed by atoms with van der Waals surface area (Å²) in [5.74, 6) is -0.0724. The summed E-state index contributed by atoms with van der Waals surface area (Å²) in [6, 6.07) is 1.97. The van der Waals surface area contributed by atoms with Gasteiger partial charge in [0.05, 0.1) is 17.4 Å². The zero-order valence-electron chi connectivity index (χ0n) is 9.98. The second-order valence-electron chi connectivity index (χ2n) is 4.62. The van der Waals surface area contributed by atoms with E-state index in [1.165, 1.54) is 31.9 Å². The third kappa shape index (κ3) is 3.19. The van der Waals surface area contributed by atoms with Gasteiger partial charge in [-0.25, -0.2) is 0 Å². The standard InChI is InChI=1S/C13H19N3O/c14-12-9-15-8-7-11(12)13(17)16-10-5-3-1-2-4-6-10/h7-10H,1-6,14H2,(H,16,17). The van der Waals surface area contributed by atoms with Crippen molar-refractivity contribution in [2.75, 3.05) is 5.73 Å². The van der Waals surface area contributed by atoms with E-state index in [0.717, 1.165) is 12.8 Å². The molecule has 3 N–H and O–H groups in total. The second-order valence-corrected chi connectivity index (χ2v) is 4.62. The Hall–Kier alpha value is -1.58. The lowest BCUT2D eigenvalue weighted by Crippen LogP contribution is -2.34. The Balaban J connectivity index is 1.98. The monoisotopic (exact) mass is 233 g/mol. The lowest BCUT2D eigenvalue weighted by Gasteiger charge is -2.16. The summed E-state index contributed by atoms with van der Waals surface area (Å²) in [6.45, 7) is 0. The maximum Gasteiger partial charge on any atom is 0.253 e. The number of anilines is 1. The molecular formula is C13H19N3O. The van der Waals surface area contributed by atoms with E-state index in [-0.39, 0.29) is 5.91 Å². The molecule has 4 heteroatoms. The van der Waals surface area contributed by atoms with Gasteiger partial charge >= 0.3 is 0 Å². The molecule has 0 saturated heterocycles. The zero-order chi connectivity index (χ0) is 12.1. The first-order chi connectivity index (χ1) is 8.27. The normalized spacial score (nSPS) is 17.4. The number of carbonyl (C=O) groups is 1. The highest BCUT2D eigenvalue weighted by molar-refractivity contribution is 5.98. The maximum atomic E-state index is 12.0. The van der Waals surface area contributed by atoms with Gasteiger partial charge in [0.25, 0.3) is 5.91 Å². The van der Waals surface area contributed by atoms with Gasteiger partial charge in [0.2, 0.25) is 0 Å². The molecule has 4 nitrogen and oxygen atoms in total. The topological polar surface area (TPSA) is 68.0 Å². The van der Waals surface area contributed by atoms with Crippen molar-refractivity contribution in [3.8, 4) is 0 Å². The van der Waals surface area contributed by atoms with Gasteiger partial charge in [-0.1, -0.05) is 25.7 Å². The van der Waals surface area contributed by atoms with Crippen molar-refractivity contribution in [3.05, 3.63) is 24.0 Å². The summed E-state index contributed by atoms with van der Waals surface area (Å²) in [6.07, 6.45) is 10.2. The van der Waals surface area contributed by atoms with Crippen molar-refractivity contribution in [2.24, 2.45) is 0 Å². The average Bonchev–Trinajstić information content (AvgIpc) is 2.58. The van der Waals surface area contributed by atoms with E-state index >= 15 is 0 Å². The van der Waals surface area contributed by atoms with E-state index < -0.39 is 0 Å². The van der Waals surface area contributed by atoms with Gasteiger partial charge in [0, 0.05) is 12.2 Å². The fourth-order valence-electron chi connectivity index (χ4n) is 2.30. The van der Waals surface area contributed by atoms with Crippen LogP contribution in [0.5, 0.6) is 0 Å². The highest BCUT2D eigenvalue weighted by Gasteiger charge is 2.16. The molecule has 1 amide bonds. The van der Waals surface area contributed by atoms with Crippen LogP contribution >= 0.6 is 0 Å². The predicted octanol–water partition coefficient (Wildman–Crippen LogP) is 2.12. The molecule has 2 rings (SSSR count). The summed E-state index contributed by atoms with van der Waals surface area (Å²) in [5, 5.41) is 3.07. The summed E-state index contributed by atoms with van der Waals surface area (Å²) < 4.78 is 0. The van der Waals surface area contributed by atoms with Crippen LogP contribution in [0.2, 0.25) is 0 Å². The fourth-order valence-corrected chi connectivity index (χ4v) is 2.30. The molecule has 1 aliphatic carbocycles. The maximum absolute atomic E-state index is 12.0. The van der Waals surface area contributed by atoms with Gasteiger partial charge in [-0.05, 0) is 18.9 Å². The number of nitrogens with zero attached hydrogens (tertiary/aromatic N) is 1. The van der Waals surface area contributed by atoms with Crippen LogP contribution in [0.1, 0.15) is 48.9 Å². The van der Waals surface area contributed by atoms with Gasteiger partial charge in [-0.15, -0.1) is 0 Å². The van der Waals surface area contributed by atoms with Crippen molar-refractivity contribution in [2.45, 2.75) is 44.6 Å². The van der Waals surface area contributed by atoms with E-state index in [1.807, 2.05) is 0 Å². The Bertz CT molecular complexity index is 384. The Morgan fingerprint density at radius 3 is 2.65 bits per heavy atom. The number of aromatic nitrogens is 1. The summed E-state index contributed by atoms with van der Waals surface area (Å²) in [5.41, 5.74) is 6.71. The minimum absolute atomic E-state index is 0.0724. The molecule has 1 saturated carbocycles. The third-order valence-corrected chi connectivity index (χ3v) is 3.29. The van der Waals surface area contributed by atoms with Crippen LogP contribution in [0, 0.1) is 0 Å². The molecule has 0 aromatic carbocycles. The minimum atomic E-state index is -0.0724. The first-order valence-electron chi connectivity index (χ1n) is 6.28. The molecule has 1 aliphatic rings. The smallest absolute Gasteiger partial charge is 0.253 e. The third-order valence-electron chi connectivity index (χ3n) is 3.29. The molecule has 0 spiro atoms. The number of rotatable bonds is 2. The van der Waals surface area contributed by atoms with E-state index in [4.69, 9.17) is 5.73 Å². The van der Waals surface area contributed by atoms with E-state index in [9.17, 15) is 4.79 Å². The largest absolute Gasteiger partial charge is 0.397 e. The molecule has 0 aliphatic heterocycles. The molecule has 1 heterocycles. The summed E-state index contributed by atoms with van der Waals surface area (Å²) in [4.78, 5) is 15.9. The molecular weight excluding hydrogens is 214 g/mol. The highest BCUT2D eigenvalue weighted by atomic mass is 16.1. The number of hydrogen-bond acceptors (Lipinski definition) is 3. The molecule has 0 atom stereocenters. The second kappa shape index (κ2) is 5.66. The predicted molar refractivity (Wildman–Crippen MR) is 67.6 cm³/mol. The SMILES string of the molecule is Nc1cnccc1C(=O)NC1CCCCCC1. The van der Waals surface area contributed by atoms with Crippen molar-refractivity contribution in [1.29, 1.82) is 0 Å². The number of nitrogens with one attached hydrogen (secondary N) is 1. The van der Waals surface area contributed by atoms with Crippen LogP contribution in [-0.2, 0) is 0 Å². The lowest BCUT2D eigenvalue weighted by molar-refractivity contribution is 0.0934. The van der Waals surface area contributed by atoms with Gasteiger partial charge in [0.1, 0.15) is 0 Å². The molecule has 1 fully saturated rings. The van der Waals surface area contributed by atoms with Crippen LogP contribution in [0.4, 0.5) is 5.69 Å². The summed E-state index contributed by atoms with van der Waals surface area (Å²) >= 11 is 0. The van der Waals surface area contributed by atoms with Gasteiger partial charge in [-0.2, -0.15) is 0 Å². The van der Waals surface area contributed by atoms with Crippen molar-refractivity contribution < 1.29 is 4.79 Å². The van der Waals surface area contributed by atoms with Crippen molar-refractivity contribution in [3.63, 3.8) is 0 Å². The van der Waals surface area contributed by atoms with Crippen LogP contribution in [0.15, 0.2) is 18.5 Å². The van der Waals surface area contributed by atoms with Gasteiger partial charge in [0.15, 0.2) is 0 Å². The Morgan fingerprint density at radius 2 is 2.00 bits per heavy atom. The molecule has 1 aromatic rings. The fraction of sp³-hybridized carbons (Fsp3) is 0.538. The number of nitrogens with two attached hydrogens (primary N) is 1. The Labute approximate surface area is 102 Å². The average molecular weight is 233 g/mol. The lowest BCUT2D eigenvalue weighted by atomic mass is 10.1. The van der Waals surface area contributed by atoms with E-state index in [1.54, 1.807) is 12.3 Å². The number of nitrogen functional groups attached to an aromatic ring is 1. The first-order valence-corrected chi connectivity index (χ1v) is 6.28. The Morgan fingerprint density at radius 1 is 1.29 bits per heavy atom. The number of carbonyl (C=O) groups excluding carboxylic acids is 1. The van der Waals surface area contributed by atoms with Crippen LogP contribution in [-0.4, -0.2) is 16.9 Å². The van der Waals surface area contributed by atoms with Gasteiger partial charge in [-0.3, -0.25) is 9.78 Å². The molecule has 0 bridgehead atoms.